The summed E-state index contributed by atoms with van der Waals surface area (Å²) >= 11 is 0. The van der Waals surface area contributed by atoms with Gasteiger partial charge in [0, 0.05) is 0 Å². The maximum atomic E-state index is 11.2. The molecule has 0 aliphatic heterocycles. The highest BCUT2D eigenvalue weighted by Gasteiger charge is 2.14. The third kappa shape index (κ3) is 6.50. The molecule has 1 aromatic carbocycles. The number of aromatic carboxylic acids is 1. The number of hydrogen-bond donors (Lipinski definition) is 2. The van der Waals surface area contributed by atoms with Crippen molar-refractivity contribution in [1.29, 1.82) is 0 Å². The first-order chi connectivity index (χ1) is 10.6. The molecule has 0 amide bonds. The van der Waals surface area contributed by atoms with E-state index in [0.29, 0.717) is 0 Å². The van der Waals surface area contributed by atoms with E-state index in [2.05, 4.69) is 13.8 Å². The van der Waals surface area contributed by atoms with Gasteiger partial charge in [0.1, 0.15) is 11.3 Å². The van der Waals surface area contributed by atoms with Crippen LogP contribution in [0.1, 0.15) is 81.1 Å². The van der Waals surface area contributed by atoms with Crippen LogP contribution in [-0.4, -0.2) is 16.2 Å². The molecule has 0 saturated heterocycles. The minimum atomic E-state index is -1.04. The van der Waals surface area contributed by atoms with Gasteiger partial charge in [-0.2, -0.15) is 0 Å². The topological polar surface area (TPSA) is 57.5 Å². The lowest BCUT2D eigenvalue weighted by Crippen LogP contribution is -2.03. The number of unbranched alkanes of at least 4 members (excludes halogenated alkanes) is 5. The van der Waals surface area contributed by atoms with Crippen LogP contribution in [0.15, 0.2) is 18.2 Å². The van der Waals surface area contributed by atoms with Crippen molar-refractivity contribution in [3.8, 4) is 5.75 Å². The van der Waals surface area contributed by atoms with Gasteiger partial charge in [-0.25, -0.2) is 4.79 Å². The van der Waals surface area contributed by atoms with Gasteiger partial charge in [-0.3, -0.25) is 0 Å². The monoisotopic (exact) mass is 306 g/mol. The fourth-order valence-electron chi connectivity index (χ4n) is 2.76. The lowest BCUT2D eigenvalue weighted by atomic mass is 9.98. The summed E-state index contributed by atoms with van der Waals surface area (Å²) in [5.74, 6) is -0.326. The summed E-state index contributed by atoms with van der Waals surface area (Å²) in [7, 11) is 0. The molecule has 1 aromatic rings. The quantitative estimate of drug-likeness (QED) is 0.537. The Kier molecular flexibility index (Phi) is 8.64. The zero-order valence-electron chi connectivity index (χ0n) is 14.0. The largest absolute Gasteiger partial charge is 0.507 e. The normalized spacial score (nSPS) is 12.3. The Balaban J connectivity index is 2.20. The van der Waals surface area contributed by atoms with Crippen LogP contribution in [0.2, 0.25) is 0 Å². The van der Waals surface area contributed by atoms with Gasteiger partial charge in [0.15, 0.2) is 0 Å². The van der Waals surface area contributed by atoms with Crippen molar-refractivity contribution in [2.45, 2.75) is 71.6 Å². The van der Waals surface area contributed by atoms with E-state index < -0.39 is 5.97 Å². The first-order valence-corrected chi connectivity index (χ1v) is 8.60. The summed E-state index contributed by atoms with van der Waals surface area (Å²) in [6.07, 6.45) is 10.5. The summed E-state index contributed by atoms with van der Waals surface area (Å²) in [5.41, 5.74) is 0.806. The summed E-state index contributed by atoms with van der Waals surface area (Å²) in [6, 6.07) is 4.95. The van der Waals surface area contributed by atoms with E-state index in [1.165, 1.54) is 44.6 Å². The summed E-state index contributed by atoms with van der Waals surface area (Å²) < 4.78 is 0. The molecule has 0 heterocycles. The van der Waals surface area contributed by atoms with E-state index in [1.54, 1.807) is 12.1 Å². The van der Waals surface area contributed by atoms with Gasteiger partial charge < -0.3 is 10.2 Å². The molecule has 3 nitrogen and oxygen atoms in total. The number of carboxylic acid groups (broad SMARTS) is 1. The maximum Gasteiger partial charge on any atom is 0.339 e. The van der Waals surface area contributed by atoms with Crippen molar-refractivity contribution >= 4 is 5.97 Å². The summed E-state index contributed by atoms with van der Waals surface area (Å²) in [5, 5.41) is 18.8. The molecular formula is C19H30O3. The molecule has 0 unspecified atom stereocenters. The van der Waals surface area contributed by atoms with Gasteiger partial charge in [-0.1, -0.05) is 70.9 Å². The van der Waals surface area contributed by atoms with Gasteiger partial charge >= 0.3 is 5.97 Å². The van der Waals surface area contributed by atoms with Crippen LogP contribution in [0.25, 0.3) is 0 Å². The van der Waals surface area contributed by atoms with E-state index in [0.717, 1.165) is 30.7 Å². The molecule has 3 heteroatoms. The van der Waals surface area contributed by atoms with Crippen LogP contribution >= 0.6 is 0 Å². The molecule has 0 aromatic heterocycles. The highest BCUT2D eigenvalue weighted by atomic mass is 16.4. The van der Waals surface area contributed by atoms with E-state index in [-0.39, 0.29) is 11.3 Å². The Labute approximate surface area is 134 Å². The predicted molar refractivity (Wildman–Crippen MR) is 90.5 cm³/mol. The number of carbonyl (C=O) groups is 1. The predicted octanol–water partition coefficient (Wildman–Crippen LogP) is 5.41. The Bertz CT molecular complexity index is 454. The average molecular weight is 306 g/mol. The van der Waals surface area contributed by atoms with Gasteiger partial charge in [0.25, 0.3) is 0 Å². The van der Waals surface area contributed by atoms with Crippen LogP contribution in [0.3, 0.4) is 0 Å². The molecule has 0 bridgehead atoms. The lowest BCUT2D eigenvalue weighted by molar-refractivity contribution is 0.0692. The molecule has 0 radical (unpaired) electrons. The Morgan fingerprint density at radius 2 is 1.73 bits per heavy atom. The standard InChI is InChI=1S/C19H30O3/c1-3-15(2)11-8-6-4-5-7-9-12-16-13-10-14-17(20)18(16)19(21)22/h10,13-15,20H,3-9,11-12H2,1-2H3,(H,21,22)/t15-/m0/s1. The van der Waals surface area contributed by atoms with Gasteiger partial charge in [0.2, 0.25) is 0 Å². The van der Waals surface area contributed by atoms with Gasteiger partial charge in [-0.05, 0) is 30.4 Å². The molecule has 0 aliphatic rings. The van der Waals surface area contributed by atoms with Crippen molar-refractivity contribution in [3.05, 3.63) is 29.3 Å². The molecular weight excluding hydrogens is 276 g/mol. The van der Waals surface area contributed by atoms with Crippen molar-refractivity contribution in [2.24, 2.45) is 5.92 Å². The second-order valence-corrected chi connectivity index (χ2v) is 6.29. The molecule has 0 fully saturated rings. The first kappa shape index (κ1) is 18.5. The Morgan fingerprint density at radius 3 is 2.36 bits per heavy atom. The number of benzene rings is 1. The van der Waals surface area contributed by atoms with Crippen LogP contribution in [0.5, 0.6) is 5.75 Å². The van der Waals surface area contributed by atoms with Crippen molar-refractivity contribution in [3.63, 3.8) is 0 Å². The Morgan fingerprint density at radius 1 is 1.09 bits per heavy atom. The fraction of sp³-hybridized carbons (Fsp3) is 0.632. The number of aromatic hydroxyl groups is 1. The van der Waals surface area contributed by atoms with Crippen LogP contribution in [-0.2, 0) is 6.42 Å². The summed E-state index contributed by atoms with van der Waals surface area (Å²) in [6.45, 7) is 4.56. The second-order valence-electron chi connectivity index (χ2n) is 6.29. The molecule has 22 heavy (non-hydrogen) atoms. The van der Waals surface area contributed by atoms with Gasteiger partial charge in [-0.15, -0.1) is 0 Å². The third-order valence-corrected chi connectivity index (χ3v) is 4.43. The molecule has 0 aliphatic carbocycles. The van der Waals surface area contributed by atoms with E-state index in [4.69, 9.17) is 5.11 Å². The van der Waals surface area contributed by atoms with Crippen molar-refractivity contribution in [1.82, 2.24) is 0 Å². The van der Waals surface area contributed by atoms with Crippen LogP contribution < -0.4 is 0 Å². The molecule has 1 atom stereocenters. The number of rotatable bonds is 11. The zero-order valence-corrected chi connectivity index (χ0v) is 14.0. The number of aryl methyl sites for hydroxylation is 1. The van der Waals surface area contributed by atoms with Crippen LogP contribution in [0, 0.1) is 5.92 Å². The Hall–Kier alpha value is -1.51. The molecule has 1 rings (SSSR count). The molecule has 0 spiro atoms. The number of hydrogen-bond acceptors (Lipinski definition) is 2. The molecule has 0 saturated carbocycles. The SMILES string of the molecule is CC[C@H](C)CCCCCCCCc1cccc(O)c1C(=O)O. The van der Waals surface area contributed by atoms with E-state index in [1.807, 2.05) is 0 Å². The smallest absolute Gasteiger partial charge is 0.339 e. The summed E-state index contributed by atoms with van der Waals surface area (Å²) in [4.78, 5) is 11.2. The highest BCUT2D eigenvalue weighted by molar-refractivity contribution is 5.92. The molecule has 2 N–H and O–H groups in total. The first-order valence-electron chi connectivity index (χ1n) is 8.60. The lowest BCUT2D eigenvalue weighted by Gasteiger charge is -2.08. The van der Waals surface area contributed by atoms with E-state index >= 15 is 0 Å². The number of carboxylic acids is 1. The molecule has 124 valence electrons. The second kappa shape index (κ2) is 10.3. The third-order valence-electron chi connectivity index (χ3n) is 4.43. The highest BCUT2D eigenvalue weighted by Crippen LogP contribution is 2.23. The fourth-order valence-corrected chi connectivity index (χ4v) is 2.76. The minimum absolute atomic E-state index is 0.0658. The van der Waals surface area contributed by atoms with Crippen molar-refractivity contribution in [2.75, 3.05) is 0 Å². The van der Waals surface area contributed by atoms with Crippen LogP contribution in [0.4, 0.5) is 0 Å². The van der Waals surface area contributed by atoms with Crippen molar-refractivity contribution < 1.29 is 15.0 Å². The minimum Gasteiger partial charge on any atom is -0.507 e. The van der Waals surface area contributed by atoms with Gasteiger partial charge in [0.05, 0.1) is 0 Å². The zero-order chi connectivity index (χ0) is 16.4. The average Bonchev–Trinajstić information content (AvgIpc) is 2.49. The van der Waals surface area contributed by atoms with E-state index in [9.17, 15) is 9.90 Å². The maximum absolute atomic E-state index is 11.2. The number of phenols is 1.